The van der Waals surface area contributed by atoms with E-state index in [-0.39, 0.29) is 5.91 Å². The summed E-state index contributed by atoms with van der Waals surface area (Å²) >= 11 is 6.10. The van der Waals surface area contributed by atoms with Crippen molar-refractivity contribution in [3.05, 3.63) is 34.3 Å². The second kappa shape index (κ2) is 4.21. The molecule has 0 radical (unpaired) electrons. The maximum absolute atomic E-state index is 10.8. The smallest absolute Gasteiger partial charge is 0.231 e. The Labute approximate surface area is 93.8 Å². The summed E-state index contributed by atoms with van der Waals surface area (Å²) in [5.74, 6) is -0.287. The number of fused-ring (bicyclic) bond motifs is 1. The number of halogens is 1. The molecule has 0 aliphatic carbocycles. The van der Waals surface area contributed by atoms with Gasteiger partial charge in [-0.3, -0.25) is 9.69 Å². The molecule has 2 N–H and O–H groups in total. The van der Waals surface area contributed by atoms with Crippen molar-refractivity contribution >= 4 is 17.5 Å². The summed E-state index contributed by atoms with van der Waals surface area (Å²) in [5.41, 5.74) is 7.58. The highest BCUT2D eigenvalue weighted by molar-refractivity contribution is 6.31. The third-order valence-electron chi connectivity index (χ3n) is 2.67. The van der Waals surface area contributed by atoms with Gasteiger partial charge in [0.05, 0.1) is 6.54 Å². The Kier molecular flexibility index (Phi) is 2.93. The summed E-state index contributed by atoms with van der Waals surface area (Å²) in [6, 6.07) is 5.93. The molecular formula is C11H13ClN2O. The lowest BCUT2D eigenvalue weighted by atomic mass is 10.00. The third-order valence-corrected chi connectivity index (χ3v) is 3.03. The molecule has 15 heavy (non-hydrogen) atoms. The van der Waals surface area contributed by atoms with Crippen molar-refractivity contribution in [3.8, 4) is 0 Å². The molecule has 2 rings (SSSR count). The van der Waals surface area contributed by atoms with Crippen LogP contribution in [-0.4, -0.2) is 23.9 Å². The van der Waals surface area contributed by atoms with Crippen LogP contribution in [0.25, 0.3) is 0 Å². The Morgan fingerprint density at radius 1 is 1.53 bits per heavy atom. The lowest BCUT2D eigenvalue weighted by molar-refractivity contribution is -0.119. The SMILES string of the molecule is NC(=O)CN1CCc2cccc(Cl)c2C1. The molecule has 1 heterocycles. The zero-order valence-corrected chi connectivity index (χ0v) is 9.13. The molecule has 0 fully saturated rings. The lowest BCUT2D eigenvalue weighted by Crippen LogP contribution is -2.37. The topological polar surface area (TPSA) is 46.3 Å². The van der Waals surface area contributed by atoms with Crippen LogP contribution in [0.4, 0.5) is 0 Å². The van der Waals surface area contributed by atoms with Crippen LogP contribution >= 0.6 is 11.6 Å². The second-order valence-corrected chi connectivity index (χ2v) is 4.21. The number of hydrogen-bond donors (Lipinski definition) is 1. The van der Waals surface area contributed by atoms with Crippen LogP contribution in [0.3, 0.4) is 0 Å². The number of rotatable bonds is 2. The van der Waals surface area contributed by atoms with E-state index in [2.05, 4.69) is 6.07 Å². The normalized spacial score (nSPS) is 16.1. The Balaban J connectivity index is 2.18. The minimum Gasteiger partial charge on any atom is -0.369 e. The molecular weight excluding hydrogens is 212 g/mol. The summed E-state index contributed by atoms with van der Waals surface area (Å²) in [6.45, 7) is 1.90. The molecule has 80 valence electrons. The van der Waals surface area contributed by atoms with E-state index in [1.807, 2.05) is 17.0 Å². The highest BCUT2D eigenvalue weighted by Crippen LogP contribution is 2.25. The van der Waals surface area contributed by atoms with Crippen molar-refractivity contribution in [2.75, 3.05) is 13.1 Å². The van der Waals surface area contributed by atoms with Crippen LogP contribution in [0.1, 0.15) is 11.1 Å². The van der Waals surface area contributed by atoms with Gasteiger partial charge in [-0.15, -0.1) is 0 Å². The summed E-state index contributed by atoms with van der Waals surface area (Å²) in [6.07, 6.45) is 0.934. The summed E-state index contributed by atoms with van der Waals surface area (Å²) < 4.78 is 0. The molecule has 4 heteroatoms. The van der Waals surface area contributed by atoms with Crippen LogP contribution in [0.15, 0.2) is 18.2 Å². The summed E-state index contributed by atoms with van der Waals surface area (Å²) in [5, 5.41) is 0.779. The number of carbonyl (C=O) groups excluding carboxylic acids is 1. The molecule has 1 aromatic carbocycles. The Morgan fingerprint density at radius 2 is 2.33 bits per heavy atom. The van der Waals surface area contributed by atoms with Gasteiger partial charge in [0.2, 0.25) is 5.91 Å². The van der Waals surface area contributed by atoms with E-state index in [1.54, 1.807) is 0 Å². The number of primary amides is 1. The molecule has 0 atom stereocenters. The van der Waals surface area contributed by atoms with Crippen molar-refractivity contribution in [2.45, 2.75) is 13.0 Å². The van der Waals surface area contributed by atoms with E-state index >= 15 is 0 Å². The zero-order chi connectivity index (χ0) is 10.8. The lowest BCUT2D eigenvalue weighted by Gasteiger charge is -2.28. The predicted octanol–water partition coefficient (Wildman–Crippen LogP) is 1.18. The van der Waals surface area contributed by atoms with Crippen molar-refractivity contribution in [2.24, 2.45) is 5.73 Å². The quantitative estimate of drug-likeness (QED) is 0.820. The van der Waals surface area contributed by atoms with Gasteiger partial charge >= 0.3 is 0 Å². The Bertz CT molecular complexity index is 392. The molecule has 1 amide bonds. The zero-order valence-electron chi connectivity index (χ0n) is 8.37. The van der Waals surface area contributed by atoms with Crippen molar-refractivity contribution < 1.29 is 4.79 Å². The molecule has 0 saturated carbocycles. The monoisotopic (exact) mass is 224 g/mol. The number of hydrogen-bond acceptors (Lipinski definition) is 2. The average Bonchev–Trinajstić information content (AvgIpc) is 2.18. The van der Waals surface area contributed by atoms with Gasteiger partial charge in [-0.25, -0.2) is 0 Å². The van der Waals surface area contributed by atoms with Gasteiger partial charge < -0.3 is 5.73 Å². The molecule has 1 aliphatic heterocycles. The maximum Gasteiger partial charge on any atom is 0.231 e. The average molecular weight is 225 g/mol. The molecule has 0 spiro atoms. The Hall–Kier alpha value is -1.06. The largest absolute Gasteiger partial charge is 0.369 e. The van der Waals surface area contributed by atoms with Gasteiger partial charge in [0.1, 0.15) is 0 Å². The first-order valence-corrected chi connectivity index (χ1v) is 5.31. The van der Waals surface area contributed by atoms with Gasteiger partial charge in [-0.1, -0.05) is 23.7 Å². The molecule has 0 bridgehead atoms. The van der Waals surface area contributed by atoms with Gasteiger partial charge in [-0.05, 0) is 23.6 Å². The first-order valence-electron chi connectivity index (χ1n) is 4.94. The van der Waals surface area contributed by atoms with Gasteiger partial charge in [-0.2, -0.15) is 0 Å². The van der Waals surface area contributed by atoms with E-state index in [4.69, 9.17) is 17.3 Å². The van der Waals surface area contributed by atoms with E-state index in [0.29, 0.717) is 6.54 Å². The highest BCUT2D eigenvalue weighted by atomic mass is 35.5. The van der Waals surface area contributed by atoms with E-state index in [1.165, 1.54) is 5.56 Å². The van der Waals surface area contributed by atoms with Crippen LogP contribution in [-0.2, 0) is 17.8 Å². The fraction of sp³-hybridized carbons (Fsp3) is 0.364. The third kappa shape index (κ3) is 2.30. The highest BCUT2D eigenvalue weighted by Gasteiger charge is 2.18. The predicted molar refractivity (Wildman–Crippen MR) is 59.6 cm³/mol. The number of benzene rings is 1. The van der Waals surface area contributed by atoms with Crippen LogP contribution in [0.2, 0.25) is 5.02 Å². The number of nitrogens with zero attached hydrogens (tertiary/aromatic N) is 1. The number of carbonyl (C=O) groups is 1. The standard InChI is InChI=1S/C11H13ClN2O/c12-10-3-1-2-8-4-5-14(6-9(8)10)7-11(13)15/h1-3H,4-7H2,(H2,13,15). The van der Waals surface area contributed by atoms with Gasteiger partial charge in [0, 0.05) is 18.1 Å². The molecule has 0 saturated heterocycles. The van der Waals surface area contributed by atoms with E-state index in [9.17, 15) is 4.79 Å². The van der Waals surface area contributed by atoms with Crippen molar-refractivity contribution in [3.63, 3.8) is 0 Å². The molecule has 0 aromatic heterocycles. The first kappa shape index (κ1) is 10.5. The molecule has 1 aliphatic rings. The first-order chi connectivity index (χ1) is 7.16. The van der Waals surface area contributed by atoms with Crippen LogP contribution in [0, 0.1) is 0 Å². The van der Waals surface area contributed by atoms with E-state index in [0.717, 1.165) is 30.1 Å². The summed E-state index contributed by atoms with van der Waals surface area (Å²) in [4.78, 5) is 12.8. The number of nitrogens with two attached hydrogens (primary N) is 1. The second-order valence-electron chi connectivity index (χ2n) is 3.80. The molecule has 1 aromatic rings. The van der Waals surface area contributed by atoms with Crippen LogP contribution < -0.4 is 5.73 Å². The van der Waals surface area contributed by atoms with Gasteiger partial charge in [0.25, 0.3) is 0 Å². The van der Waals surface area contributed by atoms with Gasteiger partial charge in [0.15, 0.2) is 0 Å². The van der Waals surface area contributed by atoms with E-state index < -0.39 is 0 Å². The minimum absolute atomic E-state index is 0.287. The molecule has 3 nitrogen and oxygen atoms in total. The minimum atomic E-state index is -0.287. The van der Waals surface area contributed by atoms with Crippen molar-refractivity contribution in [1.29, 1.82) is 0 Å². The fourth-order valence-corrected chi connectivity index (χ4v) is 2.21. The maximum atomic E-state index is 10.8. The van der Waals surface area contributed by atoms with Crippen LogP contribution in [0.5, 0.6) is 0 Å². The molecule has 0 unspecified atom stereocenters. The number of amides is 1. The Morgan fingerprint density at radius 3 is 3.07 bits per heavy atom. The summed E-state index contributed by atoms with van der Waals surface area (Å²) in [7, 11) is 0. The fourth-order valence-electron chi connectivity index (χ4n) is 1.95. The van der Waals surface area contributed by atoms with Crippen molar-refractivity contribution in [1.82, 2.24) is 4.90 Å².